The number of aryl methyl sites for hydroxylation is 1. The molecule has 1 aromatic carbocycles. The summed E-state index contributed by atoms with van der Waals surface area (Å²) in [6, 6.07) is 5.37. The minimum atomic E-state index is -4.53. The van der Waals surface area contributed by atoms with E-state index in [4.69, 9.17) is 4.74 Å². The summed E-state index contributed by atoms with van der Waals surface area (Å²) in [5, 5.41) is 0. The predicted molar refractivity (Wildman–Crippen MR) is 66.6 cm³/mol. The molecule has 0 spiro atoms. The lowest BCUT2D eigenvalue weighted by atomic mass is 10.1. The predicted octanol–water partition coefficient (Wildman–Crippen LogP) is 3.13. The quantitative estimate of drug-likeness (QED) is 0.855. The molecule has 0 fully saturated rings. The molecule has 0 heterocycles. The summed E-state index contributed by atoms with van der Waals surface area (Å²) in [4.78, 5) is 12.5. The summed E-state index contributed by atoms with van der Waals surface area (Å²) in [7, 11) is 2.84. The first-order valence-corrected chi connectivity index (χ1v) is 5.81. The van der Waals surface area contributed by atoms with Gasteiger partial charge in [0.05, 0.1) is 13.7 Å². The number of hydrogen-bond acceptors (Lipinski definition) is 3. The van der Waals surface area contributed by atoms with Crippen LogP contribution in [0.2, 0.25) is 0 Å². The molecular formula is C13H16F3NO3. The maximum atomic E-state index is 12.0. The number of carbonyl (C=O) groups excluding carboxylic acids is 1. The van der Waals surface area contributed by atoms with Gasteiger partial charge in [0, 0.05) is 12.6 Å². The first-order valence-electron chi connectivity index (χ1n) is 5.81. The van der Waals surface area contributed by atoms with Crippen molar-refractivity contribution in [2.75, 3.05) is 20.8 Å². The number of carbonyl (C=O) groups is 1. The van der Waals surface area contributed by atoms with E-state index in [1.165, 1.54) is 14.2 Å². The molecule has 20 heavy (non-hydrogen) atoms. The van der Waals surface area contributed by atoms with Crippen LogP contribution in [0.25, 0.3) is 0 Å². The Morgan fingerprint density at radius 1 is 1.35 bits per heavy atom. The number of methoxy groups -OCH3 is 1. The SMILES string of the molecule is COc1ccc(C)cc1CN(C)C(=O)OCC(F)(F)F. The number of amides is 1. The van der Waals surface area contributed by atoms with Crippen LogP contribution in [0.1, 0.15) is 11.1 Å². The standard InChI is InChI=1S/C13H16F3NO3/c1-9-4-5-11(19-3)10(6-9)7-17(2)12(18)20-8-13(14,15)16/h4-6H,7-8H2,1-3H3. The third kappa shape index (κ3) is 4.99. The van der Waals surface area contributed by atoms with E-state index in [0.717, 1.165) is 10.5 Å². The van der Waals surface area contributed by atoms with Gasteiger partial charge in [0.2, 0.25) is 0 Å². The lowest BCUT2D eigenvalue weighted by Crippen LogP contribution is -2.30. The Bertz CT molecular complexity index is 474. The van der Waals surface area contributed by atoms with E-state index >= 15 is 0 Å². The highest BCUT2D eigenvalue weighted by Gasteiger charge is 2.30. The number of halogens is 3. The van der Waals surface area contributed by atoms with Crippen molar-refractivity contribution in [2.24, 2.45) is 0 Å². The van der Waals surface area contributed by atoms with Crippen LogP contribution in [0.15, 0.2) is 18.2 Å². The molecule has 1 amide bonds. The second-order valence-electron chi connectivity index (χ2n) is 4.34. The molecule has 0 N–H and O–H groups in total. The van der Waals surface area contributed by atoms with Crippen LogP contribution in [0.3, 0.4) is 0 Å². The number of rotatable bonds is 4. The molecule has 0 aliphatic rings. The van der Waals surface area contributed by atoms with Crippen molar-refractivity contribution in [1.29, 1.82) is 0 Å². The first-order chi connectivity index (χ1) is 9.23. The van der Waals surface area contributed by atoms with Gasteiger partial charge in [-0.2, -0.15) is 13.2 Å². The van der Waals surface area contributed by atoms with Crippen molar-refractivity contribution in [3.8, 4) is 5.75 Å². The fourth-order valence-electron chi connectivity index (χ4n) is 1.60. The molecular weight excluding hydrogens is 275 g/mol. The topological polar surface area (TPSA) is 38.8 Å². The molecule has 7 heteroatoms. The zero-order chi connectivity index (χ0) is 15.3. The Balaban J connectivity index is 2.68. The van der Waals surface area contributed by atoms with Crippen molar-refractivity contribution >= 4 is 6.09 Å². The van der Waals surface area contributed by atoms with Gasteiger partial charge in [-0.15, -0.1) is 0 Å². The Labute approximate surface area is 115 Å². The highest BCUT2D eigenvalue weighted by Crippen LogP contribution is 2.21. The highest BCUT2D eigenvalue weighted by atomic mass is 19.4. The molecule has 0 atom stereocenters. The number of ether oxygens (including phenoxy) is 2. The Kier molecular flexibility index (Phi) is 5.24. The minimum Gasteiger partial charge on any atom is -0.496 e. The summed E-state index contributed by atoms with van der Waals surface area (Å²) in [6.07, 6.45) is -5.57. The lowest BCUT2D eigenvalue weighted by Gasteiger charge is -2.19. The minimum absolute atomic E-state index is 0.0988. The molecule has 0 aliphatic carbocycles. The van der Waals surface area contributed by atoms with Gasteiger partial charge >= 0.3 is 12.3 Å². The third-order valence-electron chi connectivity index (χ3n) is 2.51. The maximum absolute atomic E-state index is 12.0. The number of benzene rings is 1. The second kappa shape index (κ2) is 6.49. The van der Waals surface area contributed by atoms with Crippen molar-refractivity contribution in [1.82, 2.24) is 4.90 Å². The number of nitrogens with zero attached hydrogens (tertiary/aromatic N) is 1. The molecule has 0 unspecified atom stereocenters. The van der Waals surface area contributed by atoms with Crippen molar-refractivity contribution in [3.63, 3.8) is 0 Å². The van der Waals surface area contributed by atoms with Gasteiger partial charge in [0.15, 0.2) is 6.61 Å². The summed E-state index contributed by atoms with van der Waals surface area (Å²) in [5.74, 6) is 0.561. The average molecular weight is 291 g/mol. The van der Waals surface area contributed by atoms with Crippen molar-refractivity contribution < 1.29 is 27.4 Å². The van der Waals surface area contributed by atoms with Crippen molar-refractivity contribution in [3.05, 3.63) is 29.3 Å². The number of alkyl halides is 3. The fourth-order valence-corrected chi connectivity index (χ4v) is 1.60. The van der Waals surface area contributed by atoms with E-state index in [9.17, 15) is 18.0 Å². The molecule has 112 valence electrons. The van der Waals surface area contributed by atoms with E-state index in [2.05, 4.69) is 4.74 Å². The fraction of sp³-hybridized carbons (Fsp3) is 0.462. The molecule has 0 aliphatic heterocycles. The van der Waals surface area contributed by atoms with E-state index in [1.807, 2.05) is 13.0 Å². The normalized spacial score (nSPS) is 11.1. The molecule has 1 rings (SSSR count). The largest absolute Gasteiger partial charge is 0.496 e. The van der Waals surface area contributed by atoms with E-state index < -0.39 is 18.9 Å². The molecule has 0 bridgehead atoms. The van der Waals surface area contributed by atoms with Gasteiger partial charge in [0.25, 0.3) is 0 Å². The Hall–Kier alpha value is -1.92. The van der Waals surface area contributed by atoms with Crippen LogP contribution in [-0.2, 0) is 11.3 Å². The van der Waals surface area contributed by atoms with E-state index in [1.54, 1.807) is 12.1 Å². The Morgan fingerprint density at radius 2 is 2.00 bits per heavy atom. The molecule has 0 aromatic heterocycles. The van der Waals surface area contributed by atoms with Gasteiger partial charge < -0.3 is 14.4 Å². The van der Waals surface area contributed by atoms with Crippen LogP contribution >= 0.6 is 0 Å². The monoisotopic (exact) mass is 291 g/mol. The maximum Gasteiger partial charge on any atom is 0.422 e. The van der Waals surface area contributed by atoms with Crippen LogP contribution < -0.4 is 4.74 Å². The van der Waals surface area contributed by atoms with Crippen LogP contribution in [-0.4, -0.2) is 37.9 Å². The average Bonchev–Trinajstić information content (AvgIpc) is 2.35. The van der Waals surface area contributed by atoms with E-state index in [0.29, 0.717) is 11.3 Å². The smallest absolute Gasteiger partial charge is 0.422 e. The van der Waals surface area contributed by atoms with Gasteiger partial charge in [-0.25, -0.2) is 4.79 Å². The second-order valence-corrected chi connectivity index (χ2v) is 4.34. The summed E-state index contributed by atoms with van der Waals surface area (Å²) >= 11 is 0. The molecule has 0 radical (unpaired) electrons. The van der Waals surface area contributed by atoms with Gasteiger partial charge in [-0.1, -0.05) is 17.7 Å². The van der Waals surface area contributed by atoms with Gasteiger partial charge in [-0.3, -0.25) is 0 Å². The zero-order valence-corrected chi connectivity index (χ0v) is 11.5. The summed E-state index contributed by atoms with van der Waals surface area (Å²) in [5.41, 5.74) is 1.65. The Morgan fingerprint density at radius 3 is 2.55 bits per heavy atom. The third-order valence-corrected chi connectivity index (χ3v) is 2.51. The summed E-state index contributed by atoms with van der Waals surface area (Å²) < 4.78 is 45.2. The van der Waals surface area contributed by atoms with Gasteiger partial charge in [0.1, 0.15) is 5.75 Å². The molecule has 1 aromatic rings. The van der Waals surface area contributed by atoms with Crippen molar-refractivity contribution in [2.45, 2.75) is 19.6 Å². The van der Waals surface area contributed by atoms with Crippen LogP contribution in [0, 0.1) is 6.92 Å². The van der Waals surface area contributed by atoms with E-state index in [-0.39, 0.29) is 6.54 Å². The van der Waals surface area contributed by atoms with Crippen LogP contribution in [0.4, 0.5) is 18.0 Å². The number of hydrogen-bond donors (Lipinski definition) is 0. The lowest BCUT2D eigenvalue weighted by molar-refractivity contribution is -0.162. The first kappa shape index (κ1) is 16.1. The molecule has 0 saturated heterocycles. The summed E-state index contributed by atoms with van der Waals surface area (Å²) in [6.45, 7) is 0.369. The zero-order valence-electron chi connectivity index (χ0n) is 11.5. The van der Waals surface area contributed by atoms with Crippen LogP contribution in [0.5, 0.6) is 5.75 Å². The highest BCUT2D eigenvalue weighted by molar-refractivity contribution is 5.67. The van der Waals surface area contributed by atoms with Gasteiger partial charge in [-0.05, 0) is 13.0 Å². The molecule has 0 saturated carbocycles. The molecule has 4 nitrogen and oxygen atoms in total.